The Labute approximate surface area is 156 Å². The fourth-order valence-corrected chi connectivity index (χ4v) is 5.26. The second-order valence-corrected chi connectivity index (χ2v) is 9.17. The van der Waals surface area contributed by atoms with Crippen LogP contribution in [0.2, 0.25) is 0 Å². The number of carbonyl (C=O) groups excluding carboxylic acids is 1. The number of nitrogens with one attached hydrogen (secondary N) is 2. The van der Waals surface area contributed by atoms with Gasteiger partial charge in [0.2, 0.25) is 15.9 Å². The molecule has 144 valence electrons. The molecule has 26 heavy (non-hydrogen) atoms. The Morgan fingerprint density at radius 2 is 2.00 bits per heavy atom. The molecule has 1 amide bonds. The highest BCUT2D eigenvalue weighted by molar-refractivity contribution is 7.89. The Morgan fingerprint density at radius 3 is 2.65 bits per heavy atom. The Balaban J connectivity index is 1.74. The van der Waals surface area contributed by atoms with E-state index < -0.39 is 10.0 Å². The second-order valence-electron chi connectivity index (χ2n) is 7.45. The lowest BCUT2D eigenvalue weighted by Gasteiger charge is -2.28. The van der Waals surface area contributed by atoms with Crippen LogP contribution in [-0.4, -0.2) is 51.4 Å². The molecule has 2 atom stereocenters. The molecule has 0 radical (unpaired) electrons. The molecule has 0 saturated carbocycles. The van der Waals surface area contributed by atoms with Gasteiger partial charge in [0, 0.05) is 26.1 Å². The summed E-state index contributed by atoms with van der Waals surface area (Å²) in [4.78, 5) is 13.8. The summed E-state index contributed by atoms with van der Waals surface area (Å²) < 4.78 is 28.5. The molecule has 0 aromatic heterocycles. The molecule has 2 aliphatic heterocycles. The van der Waals surface area contributed by atoms with Crippen molar-refractivity contribution in [2.45, 2.75) is 50.5 Å². The fourth-order valence-electron chi connectivity index (χ4n) is 3.90. The maximum absolute atomic E-state index is 12.8. The van der Waals surface area contributed by atoms with Gasteiger partial charge in [-0.25, -0.2) is 13.1 Å². The summed E-state index contributed by atoms with van der Waals surface area (Å²) >= 11 is 0. The van der Waals surface area contributed by atoms with Gasteiger partial charge in [-0.1, -0.05) is 6.07 Å². The maximum atomic E-state index is 12.8. The van der Waals surface area contributed by atoms with Gasteiger partial charge in [-0.15, -0.1) is 0 Å². The van der Waals surface area contributed by atoms with Crippen LogP contribution in [0.5, 0.6) is 0 Å². The fraction of sp³-hybridized carbons (Fsp3) is 0.632. The van der Waals surface area contributed by atoms with Crippen LogP contribution in [0.1, 0.15) is 37.8 Å². The molecule has 0 spiro atoms. The Hall–Kier alpha value is -1.44. The van der Waals surface area contributed by atoms with Crippen molar-refractivity contribution < 1.29 is 13.2 Å². The van der Waals surface area contributed by atoms with Crippen molar-refractivity contribution in [1.82, 2.24) is 14.9 Å². The molecule has 2 heterocycles. The average Bonchev–Trinajstić information content (AvgIpc) is 2.84. The number of piperidine rings is 1. The van der Waals surface area contributed by atoms with Crippen molar-refractivity contribution in [2.24, 2.45) is 5.92 Å². The topological polar surface area (TPSA) is 78.5 Å². The van der Waals surface area contributed by atoms with Gasteiger partial charge in [0.25, 0.3) is 0 Å². The van der Waals surface area contributed by atoms with Gasteiger partial charge in [0.1, 0.15) is 0 Å². The number of hydrogen-bond donors (Lipinski definition) is 2. The Morgan fingerprint density at radius 1 is 1.27 bits per heavy atom. The Kier molecular flexibility index (Phi) is 5.99. The van der Waals surface area contributed by atoms with Gasteiger partial charge in [-0.05, 0) is 74.9 Å². The van der Waals surface area contributed by atoms with Crippen LogP contribution in [0.15, 0.2) is 23.1 Å². The van der Waals surface area contributed by atoms with Gasteiger partial charge in [0.05, 0.1) is 4.90 Å². The minimum atomic E-state index is -3.54. The van der Waals surface area contributed by atoms with E-state index >= 15 is 0 Å². The minimum Gasteiger partial charge on any atom is -0.342 e. The van der Waals surface area contributed by atoms with E-state index in [0.29, 0.717) is 30.3 Å². The lowest BCUT2D eigenvalue weighted by Crippen LogP contribution is -2.44. The van der Waals surface area contributed by atoms with Crippen molar-refractivity contribution in [1.29, 1.82) is 0 Å². The lowest BCUT2D eigenvalue weighted by atomic mass is 9.94. The number of benzene rings is 1. The van der Waals surface area contributed by atoms with Gasteiger partial charge in [-0.2, -0.15) is 0 Å². The lowest BCUT2D eigenvalue weighted by molar-refractivity contribution is -0.128. The monoisotopic (exact) mass is 379 g/mol. The summed E-state index contributed by atoms with van der Waals surface area (Å²) in [6.45, 7) is 6.73. The van der Waals surface area contributed by atoms with E-state index in [1.165, 1.54) is 0 Å². The van der Waals surface area contributed by atoms with Crippen LogP contribution in [0.4, 0.5) is 0 Å². The van der Waals surface area contributed by atoms with Crippen molar-refractivity contribution in [3.8, 4) is 0 Å². The molecule has 3 rings (SSSR count). The van der Waals surface area contributed by atoms with Gasteiger partial charge < -0.3 is 10.2 Å². The number of nitrogens with zero attached hydrogens (tertiary/aromatic N) is 1. The zero-order valence-corrected chi connectivity index (χ0v) is 16.4. The first-order chi connectivity index (χ1) is 12.4. The molecule has 0 aliphatic carbocycles. The van der Waals surface area contributed by atoms with E-state index in [4.69, 9.17) is 0 Å². The van der Waals surface area contributed by atoms with E-state index in [2.05, 4.69) is 10.0 Å². The average molecular weight is 380 g/mol. The predicted molar refractivity (Wildman–Crippen MR) is 101 cm³/mol. The van der Waals surface area contributed by atoms with Crippen LogP contribution in [-0.2, 0) is 27.7 Å². The number of carbonyl (C=O) groups is 1. The van der Waals surface area contributed by atoms with Gasteiger partial charge in [-0.3, -0.25) is 4.79 Å². The molecular formula is C19H29N3O3S. The van der Waals surface area contributed by atoms with Crippen molar-refractivity contribution in [3.05, 3.63) is 29.3 Å². The molecular weight excluding hydrogens is 350 g/mol. The summed E-state index contributed by atoms with van der Waals surface area (Å²) in [7, 11) is -3.54. The van der Waals surface area contributed by atoms with E-state index in [9.17, 15) is 13.2 Å². The summed E-state index contributed by atoms with van der Waals surface area (Å²) in [5.41, 5.74) is 2.17. The first-order valence-electron chi connectivity index (χ1n) is 9.47. The maximum Gasteiger partial charge on any atom is 0.240 e. The van der Waals surface area contributed by atoms with Crippen LogP contribution in [0.25, 0.3) is 0 Å². The molecule has 2 unspecified atom stereocenters. The van der Waals surface area contributed by atoms with E-state index in [1.54, 1.807) is 19.1 Å². The number of fused-ring (bicyclic) bond motifs is 1. The summed E-state index contributed by atoms with van der Waals surface area (Å²) in [6, 6.07) is 5.28. The van der Waals surface area contributed by atoms with E-state index in [0.717, 1.165) is 43.5 Å². The highest BCUT2D eigenvalue weighted by Gasteiger charge is 2.26. The predicted octanol–water partition coefficient (Wildman–Crippen LogP) is 1.30. The SMILES string of the molecule is CC(=O)N1CCc2ccc(S(=O)(=O)NC(C)C3CCCNC3)cc2CC1. The molecule has 1 fully saturated rings. The largest absolute Gasteiger partial charge is 0.342 e. The molecule has 6 nitrogen and oxygen atoms in total. The smallest absolute Gasteiger partial charge is 0.240 e. The highest BCUT2D eigenvalue weighted by Crippen LogP contribution is 2.22. The number of sulfonamides is 1. The van der Waals surface area contributed by atoms with Crippen LogP contribution in [0.3, 0.4) is 0 Å². The zero-order chi connectivity index (χ0) is 18.7. The molecule has 1 saturated heterocycles. The first-order valence-corrected chi connectivity index (χ1v) is 11.0. The molecule has 1 aromatic rings. The molecule has 7 heteroatoms. The summed E-state index contributed by atoms with van der Waals surface area (Å²) in [6.07, 6.45) is 3.59. The third-order valence-corrected chi connectivity index (χ3v) is 7.18. The molecule has 1 aromatic carbocycles. The third-order valence-electron chi connectivity index (χ3n) is 5.62. The number of rotatable bonds is 4. The number of amides is 1. The van der Waals surface area contributed by atoms with Gasteiger partial charge in [0.15, 0.2) is 0 Å². The zero-order valence-electron chi connectivity index (χ0n) is 15.6. The minimum absolute atomic E-state index is 0.0715. The Bertz CT molecular complexity index is 757. The molecule has 0 bridgehead atoms. The third kappa shape index (κ3) is 4.45. The number of hydrogen-bond acceptors (Lipinski definition) is 4. The van der Waals surface area contributed by atoms with Crippen LogP contribution < -0.4 is 10.0 Å². The van der Waals surface area contributed by atoms with Crippen molar-refractivity contribution in [3.63, 3.8) is 0 Å². The quantitative estimate of drug-likeness (QED) is 0.827. The molecule has 2 aliphatic rings. The first kappa shape index (κ1) is 19.3. The molecule has 2 N–H and O–H groups in total. The summed E-state index contributed by atoms with van der Waals surface area (Å²) in [5, 5.41) is 3.34. The van der Waals surface area contributed by atoms with Crippen molar-refractivity contribution in [2.75, 3.05) is 26.2 Å². The second kappa shape index (κ2) is 8.06. The summed E-state index contributed by atoms with van der Waals surface area (Å²) in [5.74, 6) is 0.394. The van der Waals surface area contributed by atoms with E-state index in [-0.39, 0.29) is 11.9 Å². The highest BCUT2D eigenvalue weighted by atomic mass is 32.2. The van der Waals surface area contributed by atoms with Crippen molar-refractivity contribution >= 4 is 15.9 Å². The van der Waals surface area contributed by atoms with Crippen LogP contribution in [0, 0.1) is 5.92 Å². The van der Waals surface area contributed by atoms with E-state index in [1.807, 2.05) is 17.9 Å². The van der Waals surface area contributed by atoms with Gasteiger partial charge >= 0.3 is 0 Å². The van der Waals surface area contributed by atoms with Crippen LogP contribution >= 0.6 is 0 Å². The standard InChI is InChI=1S/C19H29N3O3S/c1-14(18-4-3-9-20-13-18)21-26(24,25)19-6-5-16-7-10-22(15(2)23)11-8-17(16)12-19/h5-6,12,14,18,20-21H,3-4,7-11,13H2,1-2H3. The normalized spacial score (nSPS) is 22.4.